The van der Waals surface area contributed by atoms with Crippen molar-refractivity contribution in [3.63, 3.8) is 0 Å². The zero-order valence-electron chi connectivity index (χ0n) is 8.90. The summed E-state index contributed by atoms with van der Waals surface area (Å²) in [5.41, 5.74) is 1.00. The summed E-state index contributed by atoms with van der Waals surface area (Å²) in [5, 5.41) is 3.80. The number of amides is 1. The summed E-state index contributed by atoms with van der Waals surface area (Å²) in [7, 11) is 0. The number of nitrogens with zero attached hydrogens (tertiary/aromatic N) is 1. The fourth-order valence-electron chi connectivity index (χ4n) is 1.35. The molecule has 0 spiro atoms. The first-order valence-electron chi connectivity index (χ1n) is 4.89. The van der Waals surface area contributed by atoms with Crippen LogP contribution in [0.2, 0.25) is 0 Å². The minimum atomic E-state index is 0.0618. The van der Waals surface area contributed by atoms with E-state index in [-0.39, 0.29) is 5.91 Å². The van der Waals surface area contributed by atoms with E-state index in [0.717, 1.165) is 15.2 Å². The molecule has 2 aromatic rings. The van der Waals surface area contributed by atoms with Crippen LogP contribution in [0.1, 0.15) is 5.01 Å². The highest BCUT2D eigenvalue weighted by Gasteiger charge is 2.04. The van der Waals surface area contributed by atoms with Crippen molar-refractivity contribution in [2.75, 3.05) is 12.0 Å². The molecule has 16 heavy (non-hydrogen) atoms. The van der Waals surface area contributed by atoms with Crippen LogP contribution in [0.3, 0.4) is 0 Å². The smallest absolute Gasteiger partial charge is 0.230 e. The topological polar surface area (TPSA) is 42.0 Å². The first kappa shape index (κ1) is 11.4. The standard InChI is InChI=1S/C11H12N2OS2/c1-15-7-10(14)12-6-11-13-8-4-2-3-5-9(8)16-11/h2-5H,6-7H2,1H3,(H,12,14). The highest BCUT2D eigenvalue weighted by molar-refractivity contribution is 7.99. The van der Waals surface area contributed by atoms with Gasteiger partial charge < -0.3 is 5.32 Å². The van der Waals surface area contributed by atoms with E-state index in [1.54, 1.807) is 11.3 Å². The Morgan fingerprint density at radius 2 is 2.31 bits per heavy atom. The highest BCUT2D eigenvalue weighted by atomic mass is 32.2. The van der Waals surface area contributed by atoms with Gasteiger partial charge in [0.25, 0.3) is 0 Å². The van der Waals surface area contributed by atoms with Crippen LogP contribution in [-0.2, 0) is 11.3 Å². The summed E-state index contributed by atoms with van der Waals surface area (Å²) in [6.07, 6.45) is 1.91. The van der Waals surface area contributed by atoms with Crippen molar-refractivity contribution in [2.45, 2.75) is 6.54 Å². The number of para-hydroxylation sites is 1. The van der Waals surface area contributed by atoms with Gasteiger partial charge in [-0.3, -0.25) is 4.79 Å². The molecule has 0 aliphatic carbocycles. The average molecular weight is 252 g/mol. The Hall–Kier alpha value is -1.07. The van der Waals surface area contributed by atoms with E-state index in [2.05, 4.69) is 10.3 Å². The molecule has 0 unspecified atom stereocenters. The predicted octanol–water partition coefficient (Wildman–Crippen LogP) is 2.28. The van der Waals surface area contributed by atoms with Crippen LogP contribution in [0.5, 0.6) is 0 Å². The van der Waals surface area contributed by atoms with Gasteiger partial charge in [0.05, 0.1) is 22.5 Å². The molecule has 0 fully saturated rings. The van der Waals surface area contributed by atoms with Crippen molar-refractivity contribution in [1.82, 2.24) is 10.3 Å². The Bertz CT molecular complexity index is 462. The summed E-state index contributed by atoms with van der Waals surface area (Å²) >= 11 is 3.15. The van der Waals surface area contributed by atoms with E-state index >= 15 is 0 Å². The van der Waals surface area contributed by atoms with Crippen molar-refractivity contribution in [3.05, 3.63) is 29.3 Å². The summed E-state index contributed by atoms with van der Waals surface area (Å²) in [6, 6.07) is 7.99. The molecule has 84 valence electrons. The molecular formula is C11H12N2OS2. The van der Waals surface area contributed by atoms with Crippen LogP contribution in [0.25, 0.3) is 10.2 Å². The number of aromatic nitrogens is 1. The Morgan fingerprint density at radius 3 is 3.06 bits per heavy atom. The lowest BCUT2D eigenvalue weighted by Gasteiger charge is -1.99. The van der Waals surface area contributed by atoms with Crippen LogP contribution in [-0.4, -0.2) is 22.9 Å². The fraction of sp³-hybridized carbons (Fsp3) is 0.273. The van der Waals surface area contributed by atoms with Gasteiger partial charge >= 0.3 is 0 Å². The fourth-order valence-corrected chi connectivity index (χ4v) is 2.62. The Balaban J connectivity index is 2.02. The van der Waals surface area contributed by atoms with Crippen LogP contribution in [0.15, 0.2) is 24.3 Å². The molecule has 0 saturated carbocycles. The molecule has 0 aliphatic rings. The number of carbonyl (C=O) groups is 1. The number of carbonyl (C=O) groups excluding carboxylic acids is 1. The van der Waals surface area contributed by atoms with Gasteiger partial charge in [0, 0.05) is 0 Å². The lowest BCUT2D eigenvalue weighted by Crippen LogP contribution is -2.24. The SMILES string of the molecule is CSCC(=O)NCc1nc2ccccc2s1. The van der Waals surface area contributed by atoms with E-state index in [4.69, 9.17) is 0 Å². The van der Waals surface area contributed by atoms with Gasteiger partial charge in [-0.15, -0.1) is 11.3 Å². The summed E-state index contributed by atoms with van der Waals surface area (Å²) in [6.45, 7) is 0.527. The Kier molecular flexibility index (Phi) is 3.79. The van der Waals surface area contributed by atoms with Crippen molar-refractivity contribution in [3.8, 4) is 0 Å². The second kappa shape index (κ2) is 5.32. The molecule has 1 amide bonds. The van der Waals surface area contributed by atoms with Gasteiger partial charge in [-0.25, -0.2) is 4.98 Å². The maximum absolute atomic E-state index is 11.3. The molecule has 0 saturated heterocycles. The van der Waals surface area contributed by atoms with Gasteiger partial charge in [-0.05, 0) is 18.4 Å². The number of fused-ring (bicyclic) bond motifs is 1. The monoisotopic (exact) mass is 252 g/mol. The number of nitrogens with one attached hydrogen (secondary N) is 1. The molecule has 0 bridgehead atoms. The highest BCUT2D eigenvalue weighted by Crippen LogP contribution is 2.21. The number of hydrogen-bond donors (Lipinski definition) is 1. The molecule has 1 aromatic carbocycles. The largest absolute Gasteiger partial charge is 0.349 e. The van der Waals surface area contributed by atoms with Crippen LogP contribution >= 0.6 is 23.1 Å². The van der Waals surface area contributed by atoms with Gasteiger partial charge in [0.15, 0.2) is 0 Å². The minimum absolute atomic E-state index is 0.0618. The molecular weight excluding hydrogens is 240 g/mol. The molecule has 5 heteroatoms. The summed E-state index contributed by atoms with van der Waals surface area (Å²) < 4.78 is 1.16. The Morgan fingerprint density at radius 1 is 1.50 bits per heavy atom. The van der Waals surface area contributed by atoms with Gasteiger partial charge in [0.1, 0.15) is 5.01 Å². The average Bonchev–Trinajstić information content (AvgIpc) is 2.69. The summed E-state index contributed by atoms with van der Waals surface area (Å²) in [5.74, 6) is 0.567. The van der Waals surface area contributed by atoms with E-state index in [9.17, 15) is 4.79 Å². The quantitative estimate of drug-likeness (QED) is 0.907. The minimum Gasteiger partial charge on any atom is -0.349 e. The van der Waals surface area contributed by atoms with Crippen molar-refractivity contribution in [2.24, 2.45) is 0 Å². The van der Waals surface area contributed by atoms with E-state index in [1.165, 1.54) is 11.8 Å². The van der Waals surface area contributed by atoms with Gasteiger partial charge in [0.2, 0.25) is 5.91 Å². The lowest BCUT2D eigenvalue weighted by atomic mass is 10.3. The first-order valence-corrected chi connectivity index (χ1v) is 7.10. The third-order valence-corrected chi connectivity index (χ3v) is 3.64. The first-order chi connectivity index (χ1) is 7.79. The normalized spacial score (nSPS) is 10.6. The van der Waals surface area contributed by atoms with E-state index < -0.39 is 0 Å². The van der Waals surface area contributed by atoms with Crippen LogP contribution < -0.4 is 5.32 Å². The predicted molar refractivity (Wildman–Crippen MR) is 69.8 cm³/mol. The third kappa shape index (κ3) is 2.74. The molecule has 2 rings (SSSR count). The zero-order valence-corrected chi connectivity index (χ0v) is 10.5. The number of thiazole rings is 1. The molecule has 1 N–H and O–H groups in total. The van der Waals surface area contributed by atoms with Crippen molar-refractivity contribution >= 4 is 39.2 Å². The van der Waals surface area contributed by atoms with Gasteiger partial charge in [-0.2, -0.15) is 11.8 Å². The van der Waals surface area contributed by atoms with E-state index in [0.29, 0.717) is 12.3 Å². The molecule has 1 aromatic heterocycles. The lowest BCUT2D eigenvalue weighted by molar-refractivity contribution is -0.118. The molecule has 1 heterocycles. The second-order valence-electron chi connectivity index (χ2n) is 3.29. The van der Waals surface area contributed by atoms with Crippen LogP contribution in [0, 0.1) is 0 Å². The third-order valence-electron chi connectivity index (χ3n) is 2.05. The molecule has 0 radical (unpaired) electrons. The maximum Gasteiger partial charge on any atom is 0.230 e. The zero-order chi connectivity index (χ0) is 11.4. The van der Waals surface area contributed by atoms with Gasteiger partial charge in [-0.1, -0.05) is 12.1 Å². The number of thioether (sulfide) groups is 1. The number of benzene rings is 1. The Labute approximate surface area is 102 Å². The van der Waals surface area contributed by atoms with E-state index in [1.807, 2.05) is 30.5 Å². The summed E-state index contributed by atoms with van der Waals surface area (Å²) in [4.78, 5) is 15.7. The molecule has 0 atom stereocenters. The van der Waals surface area contributed by atoms with Crippen molar-refractivity contribution < 1.29 is 4.79 Å². The molecule has 3 nitrogen and oxygen atoms in total. The van der Waals surface area contributed by atoms with Crippen molar-refractivity contribution in [1.29, 1.82) is 0 Å². The van der Waals surface area contributed by atoms with Crippen LogP contribution in [0.4, 0.5) is 0 Å². The maximum atomic E-state index is 11.3. The number of rotatable bonds is 4. The second-order valence-corrected chi connectivity index (χ2v) is 5.27. The molecule has 0 aliphatic heterocycles. The number of hydrogen-bond acceptors (Lipinski definition) is 4.